The van der Waals surface area contributed by atoms with Crippen LogP contribution in [-0.2, 0) is 4.74 Å². The Kier molecular flexibility index (Phi) is 2.43. The molecule has 0 radical (unpaired) electrons. The Bertz CT molecular complexity index is 385. The maximum atomic E-state index is 10.8. The van der Waals surface area contributed by atoms with Gasteiger partial charge in [0.1, 0.15) is 6.61 Å². The SMILES string of the molecule is O=C1NC(c2cc(Cl)nnc2Cl)CO1. The van der Waals surface area contributed by atoms with Gasteiger partial charge in [-0.05, 0) is 6.07 Å². The third-order valence-electron chi connectivity index (χ3n) is 1.79. The van der Waals surface area contributed by atoms with Gasteiger partial charge in [-0.1, -0.05) is 23.2 Å². The number of nitrogens with one attached hydrogen (secondary N) is 1. The van der Waals surface area contributed by atoms with E-state index in [9.17, 15) is 4.79 Å². The summed E-state index contributed by atoms with van der Waals surface area (Å²) in [6, 6.07) is 1.25. The zero-order valence-corrected chi connectivity index (χ0v) is 8.34. The van der Waals surface area contributed by atoms with E-state index in [0.717, 1.165) is 0 Å². The van der Waals surface area contributed by atoms with Gasteiger partial charge < -0.3 is 10.1 Å². The van der Waals surface area contributed by atoms with Crippen molar-refractivity contribution in [3.63, 3.8) is 0 Å². The van der Waals surface area contributed by atoms with Crippen LogP contribution < -0.4 is 5.32 Å². The van der Waals surface area contributed by atoms with Crippen LogP contribution >= 0.6 is 23.2 Å². The highest BCUT2D eigenvalue weighted by molar-refractivity contribution is 6.31. The Labute approximate surface area is 89.4 Å². The highest BCUT2D eigenvalue weighted by atomic mass is 35.5. The fraction of sp³-hybridized carbons (Fsp3) is 0.286. The van der Waals surface area contributed by atoms with E-state index in [-0.39, 0.29) is 23.0 Å². The number of hydrogen-bond donors (Lipinski definition) is 1. The zero-order valence-electron chi connectivity index (χ0n) is 6.83. The van der Waals surface area contributed by atoms with Gasteiger partial charge in [-0.25, -0.2) is 4.79 Å². The maximum Gasteiger partial charge on any atom is 0.407 e. The summed E-state index contributed by atoms with van der Waals surface area (Å²) in [6.45, 7) is 0.223. The number of aromatic nitrogens is 2. The number of nitrogens with zero attached hydrogens (tertiary/aromatic N) is 2. The Morgan fingerprint density at radius 3 is 2.93 bits per heavy atom. The van der Waals surface area contributed by atoms with Crippen LogP contribution in [0.15, 0.2) is 6.07 Å². The predicted octanol–water partition coefficient (Wildman–Crippen LogP) is 1.56. The minimum Gasteiger partial charge on any atom is -0.447 e. The van der Waals surface area contributed by atoms with Gasteiger partial charge in [-0.15, -0.1) is 10.2 Å². The first kappa shape index (κ1) is 9.48. The molecule has 1 atom stereocenters. The van der Waals surface area contributed by atoms with E-state index in [1.54, 1.807) is 6.07 Å². The molecule has 1 aliphatic heterocycles. The van der Waals surface area contributed by atoms with E-state index in [0.29, 0.717) is 5.56 Å². The highest BCUT2D eigenvalue weighted by Crippen LogP contribution is 2.25. The lowest BCUT2D eigenvalue weighted by atomic mass is 10.1. The molecule has 2 rings (SSSR count). The number of alkyl carbamates (subject to hydrolysis) is 1. The average Bonchev–Trinajstić information content (AvgIpc) is 2.56. The first-order valence-corrected chi connectivity index (χ1v) is 4.54. The minimum atomic E-state index is -0.473. The topological polar surface area (TPSA) is 64.1 Å². The van der Waals surface area contributed by atoms with Crippen molar-refractivity contribution in [2.45, 2.75) is 6.04 Å². The number of rotatable bonds is 1. The van der Waals surface area contributed by atoms with Gasteiger partial charge in [0.25, 0.3) is 0 Å². The molecule has 7 heteroatoms. The molecule has 1 aromatic rings. The molecule has 0 bridgehead atoms. The molecule has 1 fully saturated rings. The number of carbonyl (C=O) groups excluding carboxylic acids is 1. The smallest absolute Gasteiger partial charge is 0.407 e. The van der Waals surface area contributed by atoms with Crippen molar-refractivity contribution in [3.05, 3.63) is 21.9 Å². The lowest BCUT2D eigenvalue weighted by molar-refractivity contribution is 0.177. The summed E-state index contributed by atoms with van der Waals surface area (Å²) in [5.41, 5.74) is 0.609. The van der Waals surface area contributed by atoms with E-state index in [2.05, 4.69) is 15.5 Å². The first-order valence-electron chi connectivity index (χ1n) is 3.79. The van der Waals surface area contributed by atoms with Crippen molar-refractivity contribution in [1.29, 1.82) is 0 Å². The summed E-state index contributed by atoms with van der Waals surface area (Å²) in [5, 5.41) is 10.2. The van der Waals surface area contributed by atoms with Crippen molar-refractivity contribution in [2.24, 2.45) is 0 Å². The van der Waals surface area contributed by atoms with Crippen LogP contribution in [0.4, 0.5) is 4.79 Å². The summed E-state index contributed by atoms with van der Waals surface area (Å²) in [6.07, 6.45) is -0.473. The molecule has 1 saturated heterocycles. The molecule has 0 aliphatic carbocycles. The molecule has 74 valence electrons. The quantitative estimate of drug-likeness (QED) is 0.800. The van der Waals surface area contributed by atoms with E-state index < -0.39 is 6.09 Å². The van der Waals surface area contributed by atoms with Gasteiger partial charge in [0.15, 0.2) is 10.3 Å². The molecule has 0 saturated carbocycles. The summed E-state index contributed by atoms with van der Waals surface area (Å²) < 4.78 is 4.71. The second-order valence-electron chi connectivity index (χ2n) is 2.71. The van der Waals surface area contributed by atoms with Gasteiger partial charge in [0.2, 0.25) is 0 Å². The summed E-state index contributed by atoms with van der Waals surface area (Å²) in [7, 11) is 0. The molecule has 14 heavy (non-hydrogen) atoms. The van der Waals surface area contributed by atoms with Crippen LogP contribution in [0.5, 0.6) is 0 Å². The Hall–Kier alpha value is -1.07. The molecule has 1 unspecified atom stereocenters. The van der Waals surface area contributed by atoms with E-state index in [1.165, 1.54) is 0 Å². The molecular weight excluding hydrogens is 229 g/mol. The van der Waals surface area contributed by atoms with Crippen molar-refractivity contribution in [1.82, 2.24) is 15.5 Å². The molecule has 1 amide bonds. The Morgan fingerprint density at radius 1 is 1.50 bits per heavy atom. The molecule has 0 aromatic carbocycles. The molecule has 1 aromatic heterocycles. The fourth-order valence-corrected chi connectivity index (χ4v) is 1.54. The summed E-state index contributed by atoms with van der Waals surface area (Å²) >= 11 is 11.4. The van der Waals surface area contributed by atoms with Crippen LogP contribution in [0.25, 0.3) is 0 Å². The first-order chi connectivity index (χ1) is 6.66. The van der Waals surface area contributed by atoms with Crippen molar-refractivity contribution in [3.8, 4) is 0 Å². The van der Waals surface area contributed by atoms with Crippen LogP contribution in [0.2, 0.25) is 10.3 Å². The van der Waals surface area contributed by atoms with Crippen LogP contribution in [0, 0.1) is 0 Å². The van der Waals surface area contributed by atoms with E-state index in [1.807, 2.05) is 0 Å². The van der Waals surface area contributed by atoms with E-state index >= 15 is 0 Å². The fourth-order valence-electron chi connectivity index (χ4n) is 1.16. The van der Waals surface area contributed by atoms with E-state index in [4.69, 9.17) is 27.9 Å². The number of halogens is 2. The molecule has 1 aliphatic rings. The van der Waals surface area contributed by atoms with Crippen molar-refractivity contribution < 1.29 is 9.53 Å². The standard InChI is InChI=1S/C7H5Cl2N3O2/c8-5-1-3(6(9)12-11-5)4-2-14-7(13)10-4/h1,4H,2H2,(H,10,13). The van der Waals surface area contributed by atoms with Crippen molar-refractivity contribution >= 4 is 29.3 Å². The van der Waals surface area contributed by atoms with Gasteiger partial charge in [-0.3, -0.25) is 0 Å². The predicted molar refractivity (Wildman–Crippen MR) is 49.3 cm³/mol. The zero-order chi connectivity index (χ0) is 10.1. The Balaban J connectivity index is 2.31. The van der Waals surface area contributed by atoms with Crippen LogP contribution in [0.1, 0.15) is 11.6 Å². The molecule has 1 N–H and O–H groups in total. The largest absolute Gasteiger partial charge is 0.447 e. The molecular formula is C7H5Cl2N3O2. The number of cyclic esters (lactones) is 1. The van der Waals surface area contributed by atoms with Gasteiger partial charge >= 0.3 is 6.09 Å². The third-order valence-corrected chi connectivity index (χ3v) is 2.27. The number of amides is 1. The molecule has 5 nitrogen and oxygen atoms in total. The second-order valence-corrected chi connectivity index (χ2v) is 3.45. The maximum absolute atomic E-state index is 10.8. The summed E-state index contributed by atoms with van der Waals surface area (Å²) in [5.74, 6) is 0. The lowest BCUT2D eigenvalue weighted by Gasteiger charge is -2.07. The molecule has 0 spiro atoms. The third kappa shape index (κ3) is 1.73. The summed E-state index contributed by atoms with van der Waals surface area (Å²) in [4.78, 5) is 10.8. The number of ether oxygens (including phenoxy) is 1. The highest BCUT2D eigenvalue weighted by Gasteiger charge is 2.26. The number of hydrogen-bond acceptors (Lipinski definition) is 4. The average molecular weight is 234 g/mol. The van der Waals surface area contributed by atoms with Crippen LogP contribution in [0.3, 0.4) is 0 Å². The monoisotopic (exact) mass is 233 g/mol. The molecule has 2 heterocycles. The Morgan fingerprint density at radius 2 is 2.29 bits per heavy atom. The lowest BCUT2D eigenvalue weighted by Crippen LogP contribution is -2.19. The number of carbonyl (C=O) groups is 1. The van der Waals surface area contributed by atoms with Gasteiger partial charge in [0, 0.05) is 5.56 Å². The minimum absolute atomic E-state index is 0.213. The second kappa shape index (κ2) is 3.59. The van der Waals surface area contributed by atoms with Gasteiger partial charge in [0.05, 0.1) is 6.04 Å². The normalized spacial score (nSPS) is 20.4. The van der Waals surface area contributed by atoms with Crippen molar-refractivity contribution in [2.75, 3.05) is 6.61 Å². The van der Waals surface area contributed by atoms with Gasteiger partial charge in [-0.2, -0.15) is 0 Å². The van der Waals surface area contributed by atoms with Crippen LogP contribution in [-0.4, -0.2) is 22.9 Å².